The summed E-state index contributed by atoms with van der Waals surface area (Å²) in [6.45, 7) is 0. The number of aryl methyl sites for hydroxylation is 2. The van der Waals surface area contributed by atoms with Crippen LogP contribution >= 0.6 is 23.1 Å². The molecule has 140 valence electrons. The molecule has 0 atom stereocenters. The van der Waals surface area contributed by atoms with Crippen LogP contribution in [-0.4, -0.2) is 21.6 Å². The number of H-pyrrole nitrogens is 1. The molecule has 0 fully saturated rings. The van der Waals surface area contributed by atoms with Crippen LogP contribution in [0.15, 0.2) is 29.1 Å². The van der Waals surface area contributed by atoms with E-state index in [0.29, 0.717) is 17.3 Å². The zero-order valence-electron chi connectivity index (χ0n) is 14.5. The zero-order chi connectivity index (χ0) is 18.8. The Morgan fingerprint density at radius 3 is 3.04 bits per heavy atom. The quantitative estimate of drug-likeness (QED) is 0.613. The fourth-order valence-corrected chi connectivity index (χ4v) is 5.31. The molecule has 1 aromatic carbocycles. The Morgan fingerprint density at radius 1 is 1.33 bits per heavy atom. The van der Waals surface area contributed by atoms with Gasteiger partial charge in [-0.15, -0.1) is 11.3 Å². The van der Waals surface area contributed by atoms with Crippen molar-refractivity contribution < 1.29 is 9.18 Å². The molecule has 1 aliphatic rings. The molecule has 2 N–H and O–H groups in total. The lowest BCUT2D eigenvalue weighted by atomic mass is 10.2. The number of fused-ring (bicyclic) bond motifs is 3. The third-order valence-electron chi connectivity index (χ3n) is 4.48. The van der Waals surface area contributed by atoms with Gasteiger partial charge in [-0.05, 0) is 37.0 Å². The van der Waals surface area contributed by atoms with E-state index in [0.717, 1.165) is 29.5 Å². The summed E-state index contributed by atoms with van der Waals surface area (Å²) in [6, 6.07) is 6.09. The molecule has 0 radical (unpaired) electrons. The van der Waals surface area contributed by atoms with Gasteiger partial charge in [0.05, 0.1) is 16.8 Å². The van der Waals surface area contributed by atoms with E-state index in [9.17, 15) is 14.0 Å². The van der Waals surface area contributed by atoms with Gasteiger partial charge in [0.25, 0.3) is 5.56 Å². The van der Waals surface area contributed by atoms with Crippen LogP contribution in [0.3, 0.4) is 0 Å². The Morgan fingerprint density at radius 2 is 2.19 bits per heavy atom. The average molecular weight is 404 g/mol. The summed E-state index contributed by atoms with van der Waals surface area (Å²) in [7, 11) is 0. The zero-order valence-corrected chi connectivity index (χ0v) is 16.1. The molecule has 2 aromatic heterocycles. The van der Waals surface area contributed by atoms with E-state index < -0.39 is 5.82 Å². The number of aromatic nitrogens is 2. The van der Waals surface area contributed by atoms with Crippen molar-refractivity contribution in [1.29, 1.82) is 0 Å². The molecule has 4 rings (SSSR count). The second-order valence-electron chi connectivity index (χ2n) is 6.38. The van der Waals surface area contributed by atoms with Gasteiger partial charge in [-0.1, -0.05) is 12.1 Å². The van der Waals surface area contributed by atoms with Crippen LogP contribution in [-0.2, 0) is 23.4 Å². The average Bonchev–Trinajstić information content (AvgIpc) is 3.21. The molecule has 1 aliphatic carbocycles. The molecule has 0 saturated carbocycles. The lowest BCUT2D eigenvalue weighted by Crippen LogP contribution is -2.14. The predicted octanol–water partition coefficient (Wildman–Crippen LogP) is 3.87. The van der Waals surface area contributed by atoms with Gasteiger partial charge in [-0.25, -0.2) is 9.37 Å². The maximum atomic E-state index is 13.5. The lowest BCUT2D eigenvalue weighted by molar-refractivity contribution is -0.115. The smallest absolute Gasteiger partial charge is 0.259 e. The van der Waals surface area contributed by atoms with Crippen LogP contribution in [0.1, 0.15) is 29.1 Å². The van der Waals surface area contributed by atoms with Gasteiger partial charge >= 0.3 is 0 Å². The first kappa shape index (κ1) is 18.2. The molecule has 0 saturated heterocycles. The van der Waals surface area contributed by atoms with E-state index in [1.807, 2.05) is 0 Å². The number of aromatic amines is 1. The highest BCUT2D eigenvalue weighted by atomic mass is 32.2. The van der Waals surface area contributed by atoms with Gasteiger partial charge < -0.3 is 10.3 Å². The first-order valence-corrected chi connectivity index (χ1v) is 10.7. The van der Waals surface area contributed by atoms with Crippen LogP contribution in [0.2, 0.25) is 0 Å². The highest BCUT2D eigenvalue weighted by molar-refractivity contribution is 7.98. The van der Waals surface area contributed by atoms with Crippen LogP contribution in [0.25, 0.3) is 10.2 Å². The summed E-state index contributed by atoms with van der Waals surface area (Å²) in [4.78, 5) is 33.9. The number of benzene rings is 1. The number of carbonyl (C=O) groups is 1. The number of thiophene rings is 1. The van der Waals surface area contributed by atoms with Crippen molar-refractivity contribution in [2.24, 2.45) is 0 Å². The number of para-hydroxylation sites is 1. The minimum absolute atomic E-state index is 0.0627. The van der Waals surface area contributed by atoms with Crippen molar-refractivity contribution in [3.63, 3.8) is 0 Å². The Bertz CT molecular complexity index is 1060. The summed E-state index contributed by atoms with van der Waals surface area (Å²) in [5.41, 5.74) is 1.30. The molecule has 1 amide bonds. The molecule has 3 aromatic rings. The second-order valence-corrected chi connectivity index (χ2v) is 8.57. The van der Waals surface area contributed by atoms with E-state index in [1.165, 1.54) is 34.3 Å². The molecular formula is C19H18FN3O2S2. The van der Waals surface area contributed by atoms with Gasteiger partial charge in [-0.3, -0.25) is 9.59 Å². The normalized spacial score (nSPS) is 13.1. The van der Waals surface area contributed by atoms with Crippen molar-refractivity contribution >= 4 is 44.9 Å². The third-order valence-corrected chi connectivity index (χ3v) is 6.64. The van der Waals surface area contributed by atoms with Crippen LogP contribution in [0.4, 0.5) is 10.1 Å². The number of nitrogens with one attached hydrogen (secondary N) is 2. The summed E-state index contributed by atoms with van der Waals surface area (Å²) in [5, 5.41) is 3.32. The fourth-order valence-electron chi connectivity index (χ4n) is 3.22. The van der Waals surface area contributed by atoms with Crippen molar-refractivity contribution in [3.05, 3.63) is 56.7 Å². The molecular weight excluding hydrogens is 385 g/mol. The summed E-state index contributed by atoms with van der Waals surface area (Å²) < 4.78 is 13.5. The predicted molar refractivity (Wildman–Crippen MR) is 108 cm³/mol. The minimum Gasteiger partial charge on any atom is -0.324 e. The van der Waals surface area contributed by atoms with E-state index >= 15 is 0 Å². The van der Waals surface area contributed by atoms with Crippen LogP contribution < -0.4 is 10.9 Å². The van der Waals surface area contributed by atoms with Gasteiger partial charge in [0.1, 0.15) is 16.5 Å². The Hall–Kier alpha value is -2.19. The Kier molecular flexibility index (Phi) is 5.27. The monoisotopic (exact) mass is 403 g/mol. The Balaban J connectivity index is 1.32. The third kappa shape index (κ3) is 3.91. The molecule has 5 nitrogen and oxygen atoms in total. The molecule has 0 bridgehead atoms. The maximum Gasteiger partial charge on any atom is 0.259 e. The number of anilines is 1. The first-order chi connectivity index (χ1) is 13.1. The van der Waals surface area contributed by atoms with Gasteiger partial charge in [0, 0.05) is 17.1 Å². The van der Waals surface area contributed by atoms with Crippen LogP contribution in [0, 0.1) is 5.82 Å². The highest BCUT2D eigenvalue weighted by Gasteiger charge is 2.21. The Labute approximate surface area is 163 Å². The number of halogens is 1. The van der Waals surface area contributed by atoms with Gasteiger partial charge in [0.2, 0.25) is 5.91 Å². The molecule has 0 unspecified atom stereocenters. The SMILES string of the molecule is O=C(CCSCc1nc2sc3c(c2c(=O)[nH]1)CCC3)Nc1ccccc1F. The maximum absolute atomic E-state index is 13.5. The van der Waals surface area contributed by atoms with Gasteiger partial charge in [0.15, 0.2) is 0 Å². The van der Waals surface area contributed by atoms with Crippen molar-refractivity contribution in [2.75, 3.05) is 11.1 Å². The van der Waals surface area contributed by atoms with Crippen molar-refractivity contribution in [1.82, 2.24) is 9.97 Å². The molecule has 0 aliphatic heterocycles. The summed E-state index contributed by atoms with van der Waals surface area (Å²) in [6.07, 6.45) is 3.38. The van der Waals surface area contributed by atoms with Crippen molar-refractivity contribution in [2.45, 2.75) is 31.4 Å². The number of hydrogen-bond donors (Lipinski definition) is 2. The van der Waals surface area contributed by atoms with E-state index in [1.54, 1.807) is 23.5 Å². The van der Waals surface area contributed by atoms with Crippen LogP contribution in [0.5, 0.6) is 0 Å². The largest absolute Gasteiger partial charge is 0.324 e. The number of hydrogen-bond acceptors (Lipinski definition) is 5. The topological polar surface area (TPSA) is 74.8 Å². The minimum atomic E-state index is -0.448. The number of thioether (sulfide) groups is 1. The molecule has 8 heteroatoms. The van der Waals surface area contributed by atoms with E-state index in [4.69, 9.17) is 0 Å². The second kappa shape index (κ2) is 7.82. The highest BCUT2D eigenvalue weighted by Crippen LogP contribution is 2.34. The number of rotatable bonds is 6. The van der Waals surface area contributed by atoms with Gasteiger partial charge in [-0.2, -0.15) is 11.8 Å². The van der Waals surface area contributed by atoms with E-state index in [2.05, 4.69) is 15.3 Å². The first-order valence-electron chi connectivity index (χ1n) is 8.77. The van der Waals surface area contributed by atoms with Crippen molar-refractivity contribution in [3.8, 4) is 0 Å². The molecule has 2 heterocycles. The summed E-state index contributed by atoms with van der Waals surface area (Å²) >= 11 is 3.14. The van der Waals surface area contributed by atoms with E-state index in [-0.39, 0.29) is 23.6 Å². The standard InChI is InChI=1S/C19H18FN3O2S2/c20-12-5-1-2-6-13(12)21-16(24)8-9-26-10-15-22-18(25)17-11-4-3-7-14(11)27-19(17)23-15/h1-2,5-6H,3-4,7-10H2,(H,21,24)(H,22,23,25). The summed E-state index contributed by atoms with van der Waals surface area (Å²) in [5.74, 6) is 1.03. The lowest BCUT2D eigenvalue weighted by Gasteiger charge is -2.06. The molecule has 27 heavy (non-hydrogen) atoms. The number of amides is 1. The fraction of sp³-hybridized carbons (Fsp3) is 0.316. The number of carbonyl (C=O) groups excluding carboxylic acids is 1. The molecule has 0 spiro atoms. The number of nitrogens with zero attached hydrogens (tertiary/aromatic N) is 1.